The molecule has 3 heteroatoms. The number of aromatic nitrogens is 1. The van der Waals surface area contributed by atoms with E-state index in [0.29, 0.717) is 0 Å². The van der Waals surface area contributed by atoms with E-state index in [2.05, 4.69) is 17.6 Å². The summed E-state index contributed by atoms with van der Waals surface area (Å²) in [6.45, 7) is 3.75. The molecule has 2 aromatic carbocycles. The van der Waals surface area contributed by atoms with Crippen molar-refractivity contribution in [1.82, 2.24) is 4.98 Å². The van der Waals surface area contributed by atoms with E-state index in [1.54, 1.807) is 24.4 Å². The highest BCUT2D eigenvalue weighted by molar-refractivity contribution is 5.87. The quantitative estimate of drug-likeness (QED) is 0.626. The van der Waals surface area contributed by atoms with E-state index < -0.39 is 0 Å². The van der Waals surface area contributed by atoms with Crippen LogP contribution in [-0.4, -0.2) is 4.98 Å². The van der Waals surface area contributed by atoms with Gasteiger partial charge in [0, 0.05) is 11.6 Å². The molecule has 0 aliphatic carbocycles. The van der Waals surface area contributed by atoms with Crippen molar-refractivity contribution in [2.24, 2.45) is 0 Å². The highest BCUT2D eigenvalue weighted by Gasteiger charge is 1.95. The lowest BCUT2D eigenvalue weighted by molar-refractivity contribution is 1.41. The van der Waals surface area contributed by atoms with Crippen molar-refractivity contribution in [3.8, 4) is 12.1 Å². The third-order valence-corrected chi connectivity index (χ3v) is 3.25. The van der Waals surface area contributed by atoms with Crippen LogP contribution in [0.3, 0.4) is 0 Å². The van der Waals surface area contributed by atoms with Gasteiger partial charge in [-0.3, -0.25) is 4.98 Å². The van der Waals surface area contributed by atoms with Gasteiger partial charge in [-0.2, -0.15) is 10.5 Å². The van der Waals surface area contributed by atoms with Crippen LogP contribution in [0.2, 0.25) is 0 Å². The average molecular weight is 309 g/mol. The van der Waals surface area contributed by atoms with Crippen molar-refractivity contribution in [1.29, 1.82) is 10.5 Å². The second kappa shape index (κ2) is 8.68. The van der Waals surface area contributed by atoms with Gasteiger partial charge in [-0.1, -0.05) is 61.2 Å². The molecule has 0 amide bonds. The van der Waals surface area contributed by atoms with Gasteiger partial charge in [0.2, 0.25) is 0 Å². The van der Waals surface area contributed by atoms with Gasteiger partial charge >= 0.3 is 0 Å². The highest BCUT2D eigenvalue weighted by atomic mass is 14.6. The van der Waals surface area contributed by atoms with E-state index in [1.165, 1.54) is 0 Å². The minimum atomic E-state index is 0.126. The molecular weight excluding hydrogens is 294 g/mol. The summed E-state index contributed by atoms with van der Waals surface area (Å²) in [5.74, 6) is 0. The number of pyridine rings is 1. The van der Waals surface area contributed by atoms with Gasteiger partial charge in [-0.05, 0) is 29.3 Å². The van der Waals surface area contributed by atoms with E-state index >= 15 is 0 Å². The molecule has 0 fully saturated rings. The predicted octanol–water partition coefficient (Wildman–Crippen LogP) is 4.99. The first kappa shape index (κ1) is 16.7. The van der Waals surface area contributed by atoms with Gasteiger partial charge in [0.15, 0.2) is 0 Å². The third-order valence-electron chi connectivity index (χ3n) is 3.25. The molecule has 0 spiro atoms. The maximum atomic E-state index is 8.45. The molecule has 0 unspecified atom stereocenters. The number of benzene rings is 2. The Labute approximate surface area is 141 Å². The van der Waals surface area contributed by atoms with E-state index in [1.807, 2.05) is 60.7 Å². The Morgan fingerprint density at radius 1 is 0.917 bits per heavy atom. The molecule has 1 aromatic heterocycles. The second-order valence-electron chi connectivity index (χ2n) is 4.81. The fourth-order valence-corrected chi connectivity index (χ4v) is 2.10. The predicted molar refractivity (Wildman–Crippen MR) is 97.5 cm³/mol. The van der Waals surface area contributed by atoms with Gasteiger partial charge in [-0.15, -0.1) is 0 Å². The molecular formula is C21H15N3. The zero-order valence-electron chi connectivity index (χ0n) is 13.1. The van der Waals surface area contributed by atoms with Crippen molar-refractivity contribution in [2.75, 3.05) is 0 Å². The van der Waals surface area contributed by atoms with E-state index in [-0.39, 0.29) is 5.57 Å². The van der Waals surface area contributed by atoms with E-state index in [9.17, 15) is 0 Å². The number of para-hydroxylation sites is 1. The van der Waals surface area contributed by atoms with Crippen molar-refractivity contribution in [3.05, 3.63) is 90.1 Å². The maximum Gasteiger partial charge on any atom is 0.130 e. The number of nitrogens with zero attached hydrogens (tertiary/aromatic N) is 3. The summed E-state index contributed by atoms with van der Waals surface area (Å²) in [5, 5.41) is 18.1. The smallest absolute Gasteiger partial charge is 0.130 e. The highest BCUT2D eigenvalue weighted by Crippen LogP contribution is 2.16. The number of rotatable bonds is 2. The standard InChI is InChI=1S/C11H9N.C10H6N2/c1-2-9-7-8-12-11-6-4-3-5-10(9)11;11-7-10(8-12)6-9-4-2-1-3-5-9/h2-8H,1H2;1-6H. The first-order chi connectivity index (χ1) is 11.8. The zero-order chi connectivity index (χ0) is 17.2. The molecule has 3 aromatic rings. The molecule has 0 atom stereocenters. The van der Waals surface area contributed by atoms with Crippen molar-refractivity contribution >= 4 is 23.1 Å². The zero-order valence-corrected chi connectivity index (χ0v) is 13.1. The molecule has 0 saturated heterocycles. The number of hydrogen-bond donors (Lipinski definition) is 0. The maximum absolute atomic E-state index is 8.45. The summed E-state index contributed by atoms with van der Waals surface area (Å²) in [4.78, 5) is 4.24. The Morgan fingerprint density at radius 3 is 2.25 bits per heavy atom. The van der Waals surface area contributed by atoms with Crippen molar-refractivity contribution < 1.29 is 0 Å². The number of nitriles is 2. The minimum Gasteiger partial charge on any atom is -0.256 e. The lowest BCUT2D eigenvalue weighted by Gasteiger charge is -1.98. The number of hydrogen-bond acceptors (Lipinski definition) is 3. The normalized spacial score (nSPS) is 8.92. The Morgan fingerprint density at radius 2 is 1.58 bits per heavy atom. The molecule has 0 radical (unpaired) electrons. The van der Waals surface area contributed by atoms with E-state index in [0.717, 1.165) is 22.0 Å². The lowest BCUT2D eigenvalue weighted by Crippen LogP contribution is -1.80. The summed E-state index contributed by atoms with van der Waals surface area (Å²) in [7, 11) is 0. The number of fused-ring (bicyclic) bond motifs is 1. The Balaban J connectivity index is 0.000000174. The SMILES string of the molecule is C=Cc1ccnc2ccccc12.N#CC(C#N)=Cc1ccccc1. The average Bonchev–Trinajstić information content (AvgIpc) is 2.67. The lowest BCUT2D eigenvalue weighted by atomic mass is 10.1. The first-order valence-electron chi connectivity index (χ1n) is 7.31. The fraction of sp³-hybridized carbons (Fsp3) is 0. The topological polar surface area (TPSA) is 60.5 Å². The molecule has 24 heavy (non-hydrogen) atoms. The molecule has 3 nitrogen and oxygen atoms in total. The summed E-state index contributed by atoms with van der Waals surface area (Å²) in [6.07, 6.45) is 5.21. The molecule has 114 valence electrons. The monoisotopic (exact) mass is 309 g/mol. The van der Waals surface area contributed by atoms with Crippen LogP contribution in [0.1, 0.15) is 11.1 Å². The van der Waals surface area contributed by atoms with Crippen LogP contribution in [-0.2, 0) is 0 Å². The summed E-state index contributed by atoms with van der Waals surface area (Å²) in [6, 6.07) is 22.9. The molecule has 0 aliphatic heterocycles. The van der Waals surface area contributed by atoms with Crippen LogP contribution >= 0.6 is 0 Å². The van der Waals surface area contributed by atoms with Gasteiger partial charge in [0.25, 0.3) is 0 Å². The van der Waals surface area contributed by atoms with Crippen LogP contribution < -0.4 is 0 Å². The Kier molecular flexibility index (Phi) is 6.03. The first-order valence-corrected chi connectivity index (χ1v) is 7.31. The van der Waals surface area contributed by atoms with Crippen LogP contribution in [0.5, 0.6) is 0 Å². The van der Waals surface area contributed by atoms with Crippen molar-refractivity contribution in [3.63, 3.8) is 0 Å². The summed E-state index contributed by atoms with van der Waals surface area (Å²) < 4.78 is 0. The van der Waals surface area contributed by atoms with E-state index in [4.69, 9.17) is 10.5 Å². The molecule has 0 aliphatic rings. The molecule has 0 saturated carbocycles. The van der Waals surface area contributed by atoms with Gasteiger partial charge in [0.1, 0.15) is 17.7 Å². The van der Waals surface area contributed by atoms with Crippen LogP contribution in [0.25, 0.3) is 23.1 Å². The van der Waals surface area contributed by atoms with Crippen LogP contribution in [0.4, 0.5) is 0 Å². The van der Waals surface area contributed by atoms with Crippen LogP contribution in [0.15, 0.2) is 79.0 Å². The summed E-state index contributed by atoms with van der Waals surface area (Å²) >= 11 is 0. The third kappa shape index (κ3) is 4.40. The largest absolute Gasteiger partial charge is 0.256 e. The summed E-state index contributed by atoms with van der Waals surface area (Å²) in [5.41, 5.74) is 3.16. The molecule has 3 rings (SSSR count). The van der Waals surface area contributed by atoms with Crippen molar-refractivity contribution in [2.45, 2.75) is 0 Å². The van der Waals surface area contributed by atoms with Crippen LogP contribution in [0, 0.1) is 22.7 Å². The Bertz CT molecular complexity index is 921. The Hall–Kier alpha value is -3.69. The van der Waals surface area contributed by atoms with Gasteiger partial charge in [-0.25, -0.2) is 0 Å². The molecule has 0 N–H and O–H groups in total. The molecule has 1 heterocycles. The van der Waals surface area contributed by atoms with Gasteiger partial charge in [0.05, 0.1) is 5.52 Å². The molecule has 0 bridgehead atoms. The van der Waals surface area contributed by atoms with Gasteiger partial charge < -0.3 is 0 Å². The fourth-order valence-electron chi connectivity index (χ4n) is 2.10. The second-order valence-corrected chi connectivity index (χ2v) is 4.81. The number of allylic oxidation sites excluding steroid dienone is 1. The minimum absolute atomic E-state index is 0.126.